The van der Waals surface area contributed by atoms with Crippen LogP contribution < -0.4 is 10.1 Å². The highest BCUT2D eigenvalue weighted by atomic mass is 16.6. The van der Waals surface area contributed by atoms with Crippen LogP contribution in [0.2, 0.25) is 0 Å². The first kappa shape index (κ1) is 17.1. The average Bonchev–Trinajstić information content (AvgIpc) is 2.35. The number of ether oxygens (including phenoxy) is 1. The number of anilines is 1. The average molecular weight is 296 g/mol. The molecular formula is C14H24N4O3. The quantitative estimate of drug-likeness (QED) is 0.640. The van der Waals surface area contributed by atoms with Crippen LogP contribution in [0.1, 0.15) is 46.9 Å². The van der Waals surface area contributed by atoms with Crippen LogP contribution in [0.25, 0.3) is 0 Å². The van der Waals surface area contributed by atoms with Gasteiger partial charge >= 0.3 is 5.69 Å². The van der Waals surface area contributed by atoms with Gasteiger partial charge in [0, 0.05) is 12.0 Å². The highest BCUT2D eigenvalue weighted by Crippen LogP contribution is 2.34. The van der Waals surface area contributed by atoms with Gasteiger partial charge in [-0.15, -0.1) is 0 Å². The first-order chi connectivity index (χ1) is 9.66. The summed E-state index contributed by atoms with van der Waals surface area (Å²) < 4.78 is 5.08. The molecule has 0 aromatic carbocycles. The summed E-state index contributed by atoms with van der Waals surface area (Å²) in [4.78, 5) is 19.3. The third kappa shape index (κ3) is 4.54. The highest BCUT2D eigenvalue weighted by Gasteiger charge is 2.29. The Labute approximate surface area is 125 Å². The third-order valence-corrected chi connectivity index (χ3v) is 2.91. The molecule has 0 aliphatic heterocycles. The Morgan fingerprint density at radius 2 is 1.95 bits per heavy atom. The van der Waals surface area contributed by atoms with E-state index in [1.165, 1.54) is 7.11 Å². The van der Waals surface area contributed by atoms with Gasteiger partial charge in [-0.25, -0.2) is 4.98 Å². The fourth-order valence-electron chi connectivity index (χ4n) is 1.68. The molecule has 0 aliphatic rings. The molecule has 0 saturated heterocycles. The Hall–Kier alpha value is -1.92. The standard InChI is InChI=1S/C14H24N4O3/c1-9(2)7-8-15-11-10(18(19)20)12(21-6)17-13(16-11)14(3,4)5/h9H,7-8H2,1-6H3,(H,15,16,17). The molecule has 1 aromatic rings. The van der Waals surface area contributed by atoms with Crippen molar-refractivity contribution in [3.8, 4) is 5.88 Å². The summed E-state index contributed by atoms with van der Waals surface area (Å²) in [5.41, 5.74) is -0.536. The van der Waals surface area contributed by atoms with Crippen LogP contribution in [0.3, 0.4) is 0 Å². The summed E-state index contributed by atoms with van der Waals surface area (Å²) in [6, 6.07) is 0. The van der Waals surface area contributed by atoms with E-state index >= 15 is 0 Å². The molecule has 1 rings (SSSR count). The molecule has 0 atom stereocenters. The van der Waals surface area contributed by atoms with Crippen LogP contribution >= 0.6 is 0 Å². The molecule has 118 valence electrons. The molecule has 0 aliphatic carbocycles. The number of rotatable bonds is 6. The van der Waals surface area contributed by atoms with Gasteiger partial charge in [0.25, 0.3) is 5.88 Å². The molecule has 0 saturated carbocycles. The molecule has 0 spiro atoms. The van der Waals surface area contributed by atoms with E-state index in [-0.39, 0.29) is 22.8 Å². The Balaban J connectivity index is 3.25. The first-order valence-electron chi connectivity index (χ1n) is 7.01. The van der Waals surface area contributed by atoms with Crippen molar-refractivity contribution in [2.45, 2.75) is 46.5 Å². The van der Waals surface area contributed by atoms with E-state index < -0.39 is 4.92 Å². The van der Waals surface area contributed by atoms with Crippen molar-refractivity contribution in [3.05, 3.63) is 15.9 Å². The maximum atomic E-state index is 11.3. The Morgan fingerprint density at radius 1 is 1.33 bits per heavy atom. The SMILES string of the molecule is COc1nc(C(C)(C)C)nc(NCCC(C)C)c1[N+](=O)[O-]. The minimum atomic E-state index is -0.511. The number of methoxy groups -OCH3 is 1. The molecule has 1 N–H and O–H groups in total. The van der Waals surface area contributed by atoms with Crippen molar-refractivity contribution in [2.24, 2.45) is 5.92 Å². The van der Waals surface area contributed by atoms with E-state index in [1.807, 2.05) is 20.8 Å². The smallest absolute Gasteiger partial charge is 0.372 e. The minimum absolute atomic E-state index is 0.00743. The third-order valence-electron chi connectivity index (χ3n) is 2.91. The van der Waals surface area contributed by atoms with Crippen LogP contribution in [-0.4, -0.2) is 28.5 Å². The van der Waals surface area contributed by atoms with E-state index in [2.05, 4.69) is 29.1 Å². The zero-order valence-electron chi connectivity index (χ0n) is 13.6. The van der Waals surface area contributed by atoms with Gasteiger partial charge in [-0.05, 0) is 12.3 Å². The van der Waals surface area contributed by atoms with Gasteiger partial charge in [-0.2, -0.15) is 4.98 Å². The van der Waals surface area contributed by atoms with Crippen LogP contribution in [0.5, 0.6) is 5.88 Å². The van der Waals surface area contributed by atoms with Gasteiger partial charge in [0.1, 0.15) is 5.82 Å². The molecule has 7 nitrogen and oxygen atoms in total. The van der Waals surface area contributed by atoms with Crippen LogP contribution in [-0.2, 0) is 5.41 Å². The van der Waals surface area contributed by atoms with Gasteiger partial charge in [0.15, 0.2) is 0 Å². The summed E-state index contributed by atoms with van der Waals surface area (Å²) in [7, 11) is 1.37. The van der Waals surface area contributed by atoms with Crippen molar-refractivity contribution in [3.63, 3.8) is 0 Å². The lowest BCUT2D eigenvalue weighted by Crippen LogP contribution is -2.19. The van der Waals surface area contributed by atoms with Crippen LogP contribution in [0.4, 0.5) is 11.5 Å². The molecule has 0 radical (unpaired) electrons. The number of nitrogens with one attached hydrogen (secondary N) is 1. The number of nitro groups is 1. The summed E-state index contributed by atoms with van der Waals surface area (Å²) in [5, 5.41) is 14.3. The second kappa shape index (κ2) is 6.69. The molecule has 0 amide bonds. The fourth-order valence-corrected chi connectivity index (χ4v) is 1.68. The van der Waals surface area contributed by atoms with Crippen molar-refractivity contribution in [1.29, 1.82) is 0 Å². The van der Waals surface area contributed by atoms with Crippen LogP contribution in [0.15, 0.2) is 0 Å². The summed E-state index contributed by atoms with van der Waals surface area (Å²) >= 11 is 0. The van der Waals surface area contributed by atoms with Gasteiger partial charge in [0.05, 0.1) is 12.0 Å². The molecule has 7 heteroatoms. The fraction of sp³-hybridized carbons (Fsp3) is 0.714. The lowest BCUT2D eigenvalue weighted by molar-refractivity contribution is -0.385. The number of hydrogen-bond acceptors (Lipinski definition) is 6. The predicted octanol–water partition coefficient (Wildman–Crippen LogP) is 3.15. The lowest BCUT2D eigenvalue weighted by atomic mass is 9.96. The van der Waals surface area contributed by atoms with Gasteiger partial charge in [-0.1, -0.05) is 34.6 Å². The zero-order chi connectivity index (χ0) is 16.2. The first-order valence-corrected chi connectivity index (χ1v) is 7.01. The summed E-state index contributed by atoms with van der Waals surface area (Å²) in [6.45, 7) is 10.7. The topological polar surface area (TPSA) is 90.2 Å². The molecule has 0 bridgehead atoms. The molecular weight excluding hydrogens is 272 g/mol. The van der Waals surface area contributed by atoms with Gasteiger partial charge in [-0.3, -0.25) is 10.1 Å². The maximum Gasteiger partial charge on any atom is 0.372 e. The largest absolute Gasteiger partial charge is 0.476 e. The second-order valence-corrected chi connectivity index (χ2v) is 6.37. The maximum absolute atomic E-state index is 11.3. The van der Waals surface area contributed by atoms with E-state index in [4.69, 9.17) is 4.74 Å². The Morgan fingerprint density at radius 3 is 2.38 bits per heavy atom. The van der Waals surface area contributed by atoms with Gasteiger partial charge in [0.2, 0.25) is 5.82 Å². The van der Waals surface area contributed by atoms with E-state index in [0.717, 1.165) is 6.42 Å². The van der Waals surface area contributed by atoms with Crippen molar-refractivity contribution >= 4 is 11.5 Å². The van der Waals surface area contributed by atoms with E-state index in [1.54, 1.807) is 0 Å². The van der Waals surface area contributed by atoms with E-state index in [0.29, 0.717) is 18.3 Å². The highest BCUT2D eigenvalue weighted by molar-refractivity contribution is 5.62. The minimum Gasteiger partial charge on any atom is -0.476 e. The number of hydrogen-bond donors (Lipinski definition) is 1. The molecule has 1 heterocycles. The van der Waals surface area contributed by atoms with Gasteiger partial charge < -0.3 is 10.1 Å². The normalized spacial score (nSPS) is 11.6. The molecule has 21 heavy (non-hydrogen) atoms. The zero-order valence-corrected chi connectivity index (χ0v) is 13.6. The Kier molecular flexibility index (Phi) is 5.46. The lowest BCUT2D eigenvalue weighted by Gasteiger charge is -2.18. The molecule has 1 aromatic heterocycles. The summed E-state index contributed by atoms with van der Waals surface area (Å²) in [5.74, 6) is 1.23. The van der Waals surface area contributed by atoms with E-state index in [9.17, 15) is 10.1 Å². The monoisotopic (exact) mass is 296 g/mol. The second-order valence-electron chi connectivity index (χ2n) is 6.37. The van der Waals surface area contributed by atoms with Crippen LogP contribution in [0, 0.1) is 16.0 Å². The van der Waals surface area contributed by atoms with Crippen molar-refractivity contribution in [2.75, 3.05) is 19.0 Å². The Bertz CT molecular complexity index is 510. The summed E-state index contributed by atoms with van der Waals surface area (Å²) in [6.07, 6.45) is 0.897. The number of nitrogens with zero attached hydrogens (tertiary/aromatic N) is 3. The predicted molar refractivity (Wildman–Crippen MR) is 81.9 cm³/mol. The van der Waals surface area contributed by atoms with Crippen molar-refractivity contribution in [1.82, 2.24) is 9.97 Å². The molecule has 0 fully saturated rings. The molecule has 0 unspecified atom stereocenters. The van der Waals surface area contributed by atoms with Crippen molar-refractivity contribution < 1.29 is 9.66 Å². The number of aromatic nitrogens is 2.